The Balaban J connectivity index is 1.87. The topological polar surface area (TPSA) is 49.8 Å². The molecular weight excluding hydrogens is 478 g/mol. The molecule has 4 nitrogen and oxygen atoms in total. The lowest BCUT2D eigenvalue weighted by molar-refractivity contribution is -0.124. The highest BCUT2D eigenvalue weighted by atomic mass is 79.9. The molecule has 5 heteroatoms. The minimum Gasteiger partial charge on any atom is -0.507 e. The summed E-state index contributed by atoms with van der Waals surface area (Å²) in [4.78, 5) is 14.6. The molecule has 0 bridgehead atoms. The number of carbonyl (C=O) groups excluding carboxylic acids is 1. The maximum Gasteiger partial charge on any atom is 0.226 e. The van der Waals surface area contributed by atoms with Gasteiger partial charge in [0.1, 0.15) is 11.4 Å². The van der Waals surface area contributed by atoms with Crippen LogP contribution in [0, 0.1) is 0 Å². The van der Waals surface area contributed by atoms with Crippen molar-refractivity contribution < 1.29 is 14.6 Å². The second-order valence-electron chi connectivity index (χ2n) is 7.99. The summed E-state index contributed by atoms with van der Waals surface area (Å²) in [5, 5.41) is 10.8. The van der Waals surface area contributed by atoms with Crippen molar-refractivity contribution in [2.24, 2.45) is 0 Å². The Bertz CT molecular complexity index is 1270. The fraction of sp³-hybridized carbons (Fsp3) is 0.107. The smallest absolute Gasteiger partial charge is 0.226 e. The van der Waals surface area contributed by atoms with Crippen LogP contribution in [0.5, 0.6) is 5.75 Å². The van der Waals surface area contributed by atoms with Crippen LogP contribution in [0.3, 0.4) is 0 Å². The summed E-state index contributed by atoms with van der Waals surface area (Å²) in [6.45, 7) is 1.51. The van der Waals surface area contributed by atoms with Gasteiger partial charge in [0.15, 0.2) is 6.23 Å². The molecule has 1 aliphatic heterocycles. The number of carbonyl (C=O) groups is 1. The van der Waals surface area contributed by atoms with Gasteiger partial charge in [0, 0.05) is 22.5 Å². The molecule has 0 spiro atoms. The number of benzene rings is 4. The summed E-state index contributed by atoms with van der Waals surface area (Å²) in [5.41, 5.74) is 2.99. The number of amides is 1. The molecule has 0 fully saturated rings. The first-order chi connectivity index (χ1) is 16.0. The van der Waals surface area contributed by atoms with E-state index in [9.17, 15) is 9.90 Å². The van der Waals surface area contributed by atoms with Gasteiger partial charge < -0.3 is 9.84 Å². The average Bonchev–Trinajstić information content (AvgIpc) is 2.85. The highest BCUT2D eigenvalue weighted by Gasteiger charge is 2.49. The number of nitrogens with zero attached hydrogens (tertiary/aromatic N) is 1. The number of phenolic OH excluding ortho intramolecular Hbond substituents is 1. The van der Waals surface area contributed by atoms with E-state index in [1.54, 1.807) is 23.1 Å². The van der Waals surface area contributed by atoms with Crippen LogP contribution in [0.4, 0.5) is 5.69 Å². The van der Waals surface area contributed by atoms with Crippen LogP contribution in [0.25, 0.3) is 0 Å². The molecule has 0 saturated carbocycles. The van der Waals surface area contributed by atoms with Gasteiger partial charge in [-0.3, -0.25) is 9.69 Å². The number of fused-ring (bicyclic) bond motifs is 1. The molecule has 1 N–H and O–H groups in total. The standard InChI is InChI=1S/C28H22BrNO3/c1-19(31)30-25-15-9-8-14-24(25)28(20-10-4-2-5-11-20,21-12-6-3-7-13-21)33-27(30)23-18-22(29)16-17-26(23)32/h2-18,27,32H,1H3/t27-/m0/s1. The van der Waals surface area contributed by atoms with Gasteiger partial charge in [-0.25, -0.2) is 0 Å². The van der Waals surface area contributed by atoms with Gasteiger partial charge >= 0.3 is 0 Å². The molecule has 0 saturated heterocycles. The maximum atomic E-state index is 13.0. The lowest BCUT2D eigenvalue weighted by Crippen LogP contribution is -2.48. The Morgan fingerprint density at radius 3 is 2.06 bits per heavy atom. The monoisotopic (exact) mass is 499 g/mol. The van der Waals surface area contributed by atoms with E-state index in [1.807, 2.05) is 84.9 Å². The minimum absolute atomic E-state index is 0.0591. The molecule has 164 valence electrons. The first-order valence-electron chi connectivity index (χ1n) is 10.7. The van der Waals surface area contributed by atoms with Gasteiger partial charge in [-0.2, -0.15) is 0 Å². The predicted octanol–water partition coefficient (Wildman–Crippen LogP) is 6.53. The fourth-order valence-corrected chi connectivity index (χ4v) is 4.99. The van der Waals surface area contributed by atoms with E-state index in [-0.39, 0.29) is 11.7 Å². The summed E-state index contributed by atoms with van der Waals surface area (Å²) in [6, 6.07) is 33.0. The molecule has 33 heavy (non-hydrogen) atoms. The number of anilines is 1. The molecule has 0 aromatic heterocycles. The quantitative estimate of drug-likeness (QED) is 0.348. The van der Waals surface area contributed by atoms with Crippen molar-refractivity contribution >= 4 is 27.5 Å². The zero-order valence-corrected chi connectivity index (χ0v) is 19.6. The normalized spacial score (nSPS) is 16.8. The molecule has 5 rings (SSSR count). The van der Waals surface area contributed by atoms with Crippen molar-refractivity contribution in [1.29, 1.82) is 0 Å². The van der Waals surface area contributed by atoms with Gasteiger partial charge in [-0.15, -0.1) is 0 Å². The Morgan fingerprint density at radius 1 is 0.879 bits per heavy atom. The summed E-state index contributed by atoms with van der Waals surface area (Å²) >= 11 is 3.50. The number of hydrogen-bond acceptors (Lipinski definition) is 3. The zero-order valence-electron chi connectivity index (χ0n) is 18.0. The second-order valence-corrected chi connectivity index (χ2v) is 8.91. The molecule has 4 aromatic rings. The minimum atomic E-state index is -0.996. The molecule has 1 amide bonds. The number of halogens is 1. The lowest BCUT2D eigenvalue weighted by atomic mass is 9.77. The van der Waals surface area contributed by atoms with E-state index < -0.39 is 11.8 Å². The van der Waals surface area contributed by atoms with Crippen LogP contribution in [-0.2, 0) is 15.1 Å². The number of aromatic hydroxyl groups is 1. The molecule has 0 aliphatic carbocycles. The van der Waals surface area contributed by atoms with Gasteiger partial charge in [-0.05, 0) is 35.4 Å². The van der Waals surface area contributed by atoms with Gasteiger partial charge in [0.25, 0.3) is 0 Å². The fourth-order valence-electron chi connectivity index (χ4n) is 4.61. The number of para-hydroxylation sites is 1. The molecular formula is C28H22BrNO3. The van der Waals surface area contributed by atoms with E-state index in [4.69, 9.17) is 4.74 Å². The summed E-state index contributed by atoms with van der Waals surface area (Å²) in [7, 11) is 0. The Kier molecular flexibility index (Phi) is 5.52. The first-order valence-corrected chi connectivity index (χ1v) is 11.5. The highest BCUT2D eigenvalue weighted by molar-refractivity contribution is 9.10. The third-order valence-corrected chi connectivity index (χ3v) is 6.51. The van der Waals surface area contributed by atoms with Crippen LogP contribution in [0.2, 0.25) is 0 Å². The molecule has 1 atom stereocenters. The largest absolute Gasteiger partial charge is 0.507 e. The van der Waals surface area contributed by atoms with E-state index in [2.05, 4.69) is 15.9 Å². The summed E-state index contributed by atoms with van der Waals surface area (Å²) in [6.07, 6.45) is -0.852. The van der Waals surface area contributed by atoms with Crippen molar-refractivity contribution in [2.45, 2.75) is 18.8 Å². The van der Waals surface area contributed by atoms with Crippen molar-refractivity contribution in [3.63, 3.8) is 0 Å². The van der Waals surface area contributed by atoms with Crippen LogP contribution in [-0.4, -0.2) is 11.0 Å². The van der Waals surface area contributed by atoms with E-state index >= 15 is 0 Å². The second kappa shape index (κ2) is 8.50. The third-order valence-electron chi connectivity index (χ3n) is 6.02. The number of ether oxygens (including phenoxy) is 1. The summed E-state index contributed by atoms with van der Waals surface area (Å²) < 4.78 is 7.78. The van der Waals surface area contributed by atoms with Crippen molar-refractivity contribution in [2.75, 3.05) is 4.90 Å². The van der Waals surface area contributed by atoms with E-state index in [1.165, 1.54) is 6.92 Å². The van der Waals surface area contributed by atoms with Gasteiger partial charge in [-0.1, -0.05) is 94.8 Å². The lowest BCUT2D eigenvalue weighted by Gasteiger charge is -2.48. The molecule has 1 aliphatic rings. The molecule has 4 aromatic carbocycles. The predicted molar refractivity (Wildman–Crippen MR) is 132 cm³/mol. The van der Waals surface area contributed by atoms with Crippen LogP contribution < -0.4 is 4.90 Å². The van der Waals surface area contributed by atoms with Crippen LogP contribution in [0.15, 0.2) is 108 Å². The highest BCUT2D eigenvalue weighted by Crippen LogP contribution is 2.53. The van der Waals surface area contributed by atoms with Crippen molar-refractivity contribution in [3.05, 3.63) is 130 Å². The van der Waals surface area contributed by atoms with Crippen molar-refractivity contribution in [1.82, 2.24) is 0 Å². The Hall–Kier alpha value is -3.41. The zero-order chi connectivity index (χ0) is 23.0. The van der Waals surface area contributed by atoms with E-state index in [0.29, 0.717) is 5.56 Å². The van der Waals surface area contributed by atoms with Crippen LogP contribution in [0.1, 0.15) is 35.4 Å². The maximum absolute atomic E-state index is 13.0. The molecule has 1 heterocycles. The SMILES string of the molecule is CC(=O)N1c2ccccc2C(c2ccccc2)(c2ccccc2)O[C@H]1c1cc(Br)ccc1O. The van der Waals surface area contributed by atoms with Gasteiger partial charge in [0.2, 0.25) is 5.91 Å². The third kappa shape index (κ3) is 3.54. The Morgan fingerprint density at radius 2 is 1.45 bits per heavy atom. The van der Waals surface area contributed by atoms with Gasteiger partial charge in [0.05, 0.1) is 5.69 Å². The molecule has 0 unspecified atom stereocenters. The van der Waals surface area contributed by atoms with Crippen LogP contribution >= 0.6 is 15.9 Å². The number of rotatable bonds is 3. The summed E-state index contributed by atoms with van der Waals surface area (Å²) in [5.74, 6) is -0.120. The van der Waals surface area contributed by atoms with Crippen molar-refractivity contribution in [3.8, 4) is 5.75 Å². The average molecular weight is 500 g/mol. The first kappa shape index (κ1) is 21.4. The molecule has 0 radical (unpaired) electrons. The number of phenols is 1. The number of hydrogen-bond donors (Lipinski definition) is 1. The Labute approximate surface area is 201 Å². The van der Waals surface area contributed by atoms with E-state index in [0.717, 1.165) is 26.9 Å².